The summed E-state index contributed by atoms with van der Waals surface area (Å²) in [5.74, 6) is -0.0576. The Labute approximate surface area is 235 Å². The molecule has 7 heteroatoms. The monoisotopic (exact) mass is 536 g/mol. The Morgan fingerprint density at radius 1 is 0.875 bits per heavy atom. The first kappa shape index (κ1) is 27.1. The summed E-state index contributed by atoms with van der Waals surface area (Å²) < 4.78 is 7.70. The van der Waals surface area contributed by atoms with Crippen molar-refractivity contribution in [1.82, 2.24) is 14.4 Å². The summed E-state index contributed by atoms with van der Waals surface area (Å²) in [4.78, 5) is 31.0. The molecular formula is C33H36N4O3. The van der Waals surface area contributed by atoms with Gasteiger partial charge in [-0.2, -0.15) is 0 Å². The Morgan fingerprint density at radius 3 is 2.17 bits per heavy atom. The van der Waals surface area contributed by atoms with E-state index >= 15 is 0 Å². The van der Waals surface area contributed by atoms with Crippen LogP contribution >= 0.6 is 0 Å². The summed E-state index contributed by atoms with van der Waals surface area (Å²) in [5.41, 5.74) is 10.4. The van der Waals surface area contributed by atoms with Gasteiger partial charge in [-0.25, -0.2) is 4.79 Å². The van der Waals surface area contributed by atoms with Crippen molar-refractivity contribution >= 4 is 17.7 Å². The fraction of sp³-hybridized carbons (Fsp3) is 0.273. The van der Waals surface area contributed by atoms with Crippen LogP contribution in [0.25, 0.3) is 16.9 Å². The highest BCUT2D eigenvalue weighted by molar-refractivity contribution is 6.01. The van der Waals surface area contributed by atoms with E-state index in [0.717, 1.165) is 22.5 Å². The lowest BCUT2D eigenvalue weighted by Gasteiger charge is -2.42. The number of piperazine rings is 1. The molecule has 40 heavy (non-hydrogen) atoms. The van der Waals surface area contributed by atoms with Crippen LogP contribution in [0.15, 0.2) is 97.2 Å². The molecule has 4 aromatic rings. The van der Waals surface area contributed by atoms with Crippen LogP contribution in [0.4, 0.5) is 10.5 Å². The lowest BCUT2D eigenvalue weighted by Crippen LogP contribution is -2.57. The lowest BCUT2D eigenvalue weighted by atomic mass is 10.00. The van der Waals surface area contributed by atoms with E-state index < -0.39 is 5.60 Å². The van der Waals surface area contributed by atoms with Crippen LogP contribution in [0.3, 0.4) is 0 Å². The van der Waals surface area contributed by atoms with Crippen molar-refractivity contribution in [2.45, 2.75) is 38.8 Å². The van der Waals surface area contributed by atoms with E-state index in [1.54, 1.807) is 4.90 Å². The van der Waals surface area contributed by atoms with Crippen LogP contribution in [-0.2, 0) is 11.2 Å². The molecule has 1 saturated heterocycles. The van der Waals surface area contributed by atoms with Crippen LogP contribution < -0.4 is 5.73 Å². The number of rotatable bonds is 5. The molecule has 0 aliphatic carbocycles. The zero-order chi connectivity index (χ0) is 28.3. The molecule has 206 valence electrons. The molecule has 7 nitrogen and oxygen atoms in total. The second-order valence-corrected chi connectivity index (χ2v) is 11.2. The smallest absolute Gasteiger partial charge is 0.410 e. The molecule has 1 aliphatic heterocycles. The van der Waals surface area contributed by atoms with Crippen LogP contribution in [0.2, 0.25) is 0 Å². The molecule has 1 unspecified atom stereocenters. The summed E-state index contributed by atoms with van der Waals surface area (Å²) in [5, 5.41) is 0. The van der Waals surface area contributed by atoms with Gasteiger partial charge in [-0.1, -0.05) is 60.7 Å². The zero-order valence-corrected chi connectivity index (χ0v) is 23.3. The number of hydrogen-bond donors (Lipinski definition) is 1. The van der Waals surface area contributed by atoms with E-state index in [9.17, 15) is 9.59 Å². The quantitative estimate of drug-likeness (QED) is 0.316. The first-order valence-electron chi connectivity index (χ1n) is 13.6. The molecule has 2 N–H and O–H groups in total. The van der Waals surface area contributed by atoms with Gasteiger partial charge < -0.3 is 24.8 Å². The molecular weight excluding hydrogens is 500 g/mol. The zero-order valence-electron chi connectivity index (χ0n) is 23.3. The van der Waals surface area contributed by atoms with E-state index in [1.807, 2.05) is 115 Å². The Kier molecular flexibility index (Phi) is 7.65. The third-order valence-electron chi connectivity index (χ3n) is 7.04. The molecule has 1 atom stereocenters. The number of nitrogens with zero attached hydrogens (tertiary/aromatic N) is 3. The van der Waals surface area contributed by atoms with Gasteiger partial charge in [-0.15, -0.1) is 0 Å². The third kappa shape index (κ3) is 6.04. The molecule has 0 bridgehead atoms. The number of nitrogen functional groups attached to an aromatic ring is 1. The van der Waals surface area contributed by atoms with Crippen LogP contribution in [0.1, 0.15) is 36.7 Å². The third-order valence-corrected chi connectivity index (χ3v) is 7.04. The van der Waals surface area contributed by atoms with Crippen molar-refractivity contribution in [3.05, 3.63) is 108 Å². The maximum atomic E-state index is 14.4. The summed E-state index contributed by atoms with van der Waals surface area (Å²) in [6.45, 7) is 6.81. The van der Waals surface area contributed by atoms with Crippen molar-refractivity contribution in [2.75, 3.05) is 25.4 Å². The minimum atomic E-state index is -0.589. The Balaban J connectivity index is 1.51. The molecule has 1 aliphatic rings. The van der Waals surface area contributed by atoms with E-state index in [4.69, 9.17) is 10.5 Å². The number of ether oxygens (including phenoxy) is 1. The van der Waals surface area contributed by atoms with Gasteiger partial charge in [0, 0.05) is 37.2 Å². The van der Waals surface area contributed by atoms with E-state index in [0.29, 0.717) is 37.3 Å². The number of hydrogen-bond acceptors (Lipinski definition) is 4. The van der Waals surface area contributed by atoms with Crippen molar-refractivity contribution in [1.29, 1.82) is 0 Å². The molecule has 0 saturated carbocycles. The fourth-order valence-electron chi connectivity index (χ4n) is 5.18. The summed E-state index contributed by atoms with van der Waals surface area (Å²) in [6, 6.07) is 29.3. The second-order valence-electron chi connectivity index (χ2n) is 11.2. The van der Waals surface area contributed by atoms with E-state index in [1.165, 1.54) is 0 Å². The minimum absolute atomic E-state index is 0.0576. The van der Waals surface area contributed by atoms with Gasteiger partial charge in [0.05, 0.1) is 17.3 Å². The molecule has 0 radical (unpaired) electrons. The largest absolute Gasteiger partial charge is 0.444 e. The topological polar surface area (TPSA) is 80.8 Å². The first-order chi connectivity index (χ1) is 19.2. The van der Waals surface area contributed by atoms with Crippen LogP contribution in [0.5, 0.6) is 0 Å². The summed E-state index contributed by atoms with van der Waals surface area (Å²) in [6.07, 6.45) is 2.22. The van der Waals surface area contributed by atoms with Gasteiger partial charge in [0.2, 0.25) is 0 Å². The summed E-state index contributed by atoms with van der Waals surface area (Å²) >= 11 is 0. The molecule has 0 spiro atoms. The average molecular weight is 537 g/mol. The normalized spacial score (nSPS) is 15.6. The Morgan fingerprint density at radius 2 is 1.52 bits per heavy atom. The molecule has 1 fully saturated rings. The molecule has 3 aromatic carbocycles. The minimum Gasteiger partial charge on any atom is -0.444 e. The maximum Gasteiger partial charge on any atom is 0.410 e. The SMILES string of the molecule is CC(C)(C)OC(=O)N1CCN(C(=O)c2ccn(-c3ccc(N)cc3)c2-c2ccccc2)C(Cc2ccccc2)C1. The van der Waals surface area contributed by atoms with Gasteiger partial charge in [-0.3, -0.25) is 4.79 Å². The van der Waals surface area contributed by atoms with E-state index in [2.05, 4.69) is 12.1 Å². The standard InChI is InChI=1S/C33H36N4O3/c1-33(2,3)40-32(39)35-20-21-37(28(23-35)22-24-10-6-4-7-11-24)31(38)29-18-19-36(27-16-14-26(34)15-17-27)30(29)25-12-8-5-9-13-25/h4-19,28H,20-23,34H2,1-3H3. The van der Waals surface area contributed by atoms with Crippen LogP contribution in [0, 0.1) is 0 Å². The summed E-state index contributed by atoms with van der Waals surface area (Å²) in [7, 11) is 0. The van der Waals surface area contributed by atoms with Crippen molar-refractivity contribution < 1.29 is 14.3 Å². The van der Waals surface area contributed by atoms with Gasteiger partial charge in [0.15, 0.2) is 0 Å². The van der Waals surface area contributed by atoms with Crippen LogP contribution in [-0.4, -0.2) is 57.6 Å². The van der Waals surface area contributed by atoms with Gasteiger partial charge in [0.1, 0.15) is 5.60 Å². The average Bonchev–Trinajstić information content (AvgIpc) is 3.38. The van der Waals surface area contributed by atoms with Gasteiger partial charge in [-0.05, 0) is 68.7 Å². The van der Waals surface area contributed by atoms with E-state index in [-0.39, 0.29) is 18.0 Å². The fourth-order valence-corrected chi connectivity index (χ4v) is 5.18. The molecule has 2 heterocycles. The van der Waals surface area contributed by atoms with Gasteiger partial charge in [0.25, 0.3) is 5.91 Å². The molecule has 2 amide bonds. The lowest BCUT2D eigenvalue weighted by molar-refractivity contribution is 0.00440. The number of nitrogens with two attached hydrogens (primary N) is 1. The number of aromatic nitrogens is 1. The number of anilines is 1. The number of benzene rings is 3. The Bertz CT molecular complexity index is 1460. The number of carbonyl (C=O) groups excluding carboxylic acids is 2. The van der Waals surface area contributed by atoms with Crippen molar-refractivity contribution in [2.24, 2.45) is 0 Å². The number of amides is 2. The highest BCUT2D eigenvalue weighted by Gasteiger charge is 2.36. The first-order valence-corrected chi connectivity index (χ1v) is 13.6. The highest BCUT2D eigenvalue weighted by Crippen LogP contribution is 2.31. The van der Waals surface area contributed by atoms with Gasteiger partial charge >= 0.3 is 6.09 Å². The maximum absolute atomic E-state index is 14.4. The Hall–Kier alpha value is -4.52. The predicted molar refractivity (Wildman–Crippen MR) is 158 cm³/mol. The second kappa shape index (κ2) is 11.3. The predicted octanol–water partition coefficient (Wildman–Crippen LogP) is 6.03. The highest BCUT2D eigenvalue weighted by atomic mass is 16.6. The van der Waals surface area contributed by atoms with Crippen molar-refractivity contribution in [3.63, 3.8) is 0 Å². The molecule has 1 aromatic heterocycles. The van der Waals surface area contributed by atoms with Crippen molar-refractivity contribution in [3.8, 4) is 16.9 Å². The molecule has 5 rings (SSSR count). The number of carbonyl (C=O) groups is 2.